The predicted molar refractivity (Wildman–Crippen MR) is 79.5 cm³/mol. The zero-order valence-electron chi connectivity index (χ0n) is 12.1. The Labute approximate surface area is 132 Å². The molecule has 0 saturated heterocycles. The number of halogens is 1. The molecule has 0 saturated carbocycles. The molecule has 1 aromatic rings. The number of amides is 2. The van der Waals surface area contributed by atoms with Crippen LogP contribution in [-0.4, -0.2) is 44.6 Å². The van der Waals surface area contributed by atoms with Gasteiger partial charge in [-0.25, -0.2) is 0 Å². The van der Waals surface area contributed by atoms with Crippen LogP contribution in [0.1, 0.15) is 6.42 Å². The van der Waals surface area contributed by atoms with E-state index in [1.54, 1.807) is 18.2 Å². The fourth-order valence-corrected chi connectivity index (χ4v) is 2.02. The molecule has 1 atom stereocenters. The van der Waals surface area contributed by atoms with Crippen LogP contribution in [0.4, 0.5) is 0 Å². The maximum absolute atomic E-state index is 11.5. The second kappa shape index (κ2) is 7.24. The topological polar surface area (TPSA) is 86.2 Å². The summed E-state index contributed by atoms with van der Waals surface area (Å²) in [6, 6.07) is 4.90. The Kier molecular flexibility index (Phi) is 5.35. The molecule has 0 aliphatic carbocycles. The molecule has 1 heterocycles. The summed E-state index contributed by atoms with van der Waals surface area (Å²) >= 11 is 6.08. The highest BCUT2D eigenvalue weighted by atomic mass is 35.5. The lowest BCUT2D eigenvalue weighted by atomic mass is 10.2. The molecule has 2 amide bonds. The van der Waals surface area contributed by atoms with Crippen molar-refractivity contribution in [2.75, 3.05) is 20.8 Å². The SMILES string of the molecule is COCC(Oc1cc(OC)ccc1Cl)C1=NC(=O)CC(=O)N1. The van der Waals surface area contributed by atoms with Gasteiger partial charge in [-0.2, -0.15) is 4.99 Å². The van der Waals surface area contributed by atoms with E-state index in [2.05, 4.69) is 10.3 Å². The van der Waals surface area contributed by atoms with Crippen molar-refractivity contribution in [3.63, 3.8) is 0 Å². The minimum atomic E-state index is -0.775. The average Bonchev–Trinajstić information content (AvgIpc) is 2.48. The van der Waals surface area contributed by atoms with E-state index in [1.165, 1.54) is 14.2 Å². The average molecular weight is 327 g/mol. The molecule has 1 aliphatic heterocycles. The third kappa shape index (κ3) is 3.96. The summed E-state index contributed by atoms with van der Waals surface area (Å²) in [5, 5.41) is 2.87. The summed E-state index contributed by atoms with van der Waals surface area (Å²) in [5.74, 6) is 0.0259. The highest BCUT2D eigenvalue weighted by molar-refractivity contribution is 6.32. The molecule has 0 spiro atoms. The summed E-state index contributed by atoms with van der Waals surface area (Å²) < 4.78 is 15.9. The Morgan fingerprint density at radius 2 is 2.14 bits per heavy atom. The second-order valence-electron chi connectivity index (χ2n) is 4.47. The van der Waals surface area contributed by atoms with Crippen molar-refractivity contribution in [1.29, 1.82) is 0 Å². The minimum absolute atomic E-state index is 0.0833. The molecule has 1 N–H and O–H groups in total. The van der Waals surface area contributed by atoms with Gasteiger partial charge in [0.2, 0.25) is 5.91 Å². The lowest BCUT2D eigenvalue weighted by Gasteiger charge is -2.23. The van der Waals surface area contributed by atoms with Gasteiger partial charge >= 0.3 is 0 Å². The number of hydrogen-bond donors (Lipinski definition) is 1. The number of amidine groups is 1. The van der Waals surface area contributed by atoms with Gasteiger partial charge in [0, 0.05) is 13.2 Å². The first kappa shape index (κ1) is 16.3. The molecule has 1 unspecified atom stereocenters. The predicted octanol–water partition coefficient (Wildman–Crippen LogP) is 1.19. The number of aliphatic imine (C=N–C) groups is 1. The van der Waals surface area contributed by atoms with Gasteiger partial charge in [-0.3, -0.25) is 9.59 Å². The van der Waals surface area contributed by atoms with Gasteiger partial charge in [-0.1, -0.05) is 11.6 Å². The van der Waals surface area contributed by atoms with E-state index < -0.39 is 17.9 Å². The first-order valence-corrected chi connectivity index (χ1v) is 6.81. The number of benzene rings is 1. The van der Waals surface area contributed by atoms with Crippen molar-refractivity contribution in [2.24, 2.45) is 4.99 Å². The highest BCUT2D eigenvalue weighted by Gasteiger charge is 2.27. The maximum atomic E-state index is 11.5. The van der Waals surface area contributed by atoms with Crippen LogP contribution < -0.4 is 14.8 Å². The Morgan fingerprint density at radius 3 is 2.77 bits per heavy atom. The van der Waals surface area contributed by atoms with E-state index in [0.717, 1.165) is 0 Å². The van der Waals surface area contributed by atoms with Gasteiger partial charge in [0.25, 0.3) is 5.91 Å². The van der Waals surface area contributed by atoms with Gasteiger partial charge in [0.1, 0.15) is 17.9 Å². The van der Waals surface area contributed by atoms with E-state index in [0.29, 0.717) is 16.5 Å². The van der Waals surface area contributed by atoms with Gasteiger partial charge in [-0.15, -0.1) is 0 Å². The first-order valence-electron chi connectivity index (χ1n) is 6.44. The smallest absolute Gasteiger partial charge is 0.256 e. The number of nitrogens with zero attached hydrogens (tertiary/aromatic N) is 1. The lowest BCUT2D eigenvalue weighted by Crippen LogP contribution is -2.47. The zero-order valence-corrected chi connectivity index (χ0v) is 12.8. The molecule has 2 rings (SSSR count). The van der Waals surface area contributed by atoms with Crippen molar-refractivity contribution in [3.05, 3.63) is 23.2 Å². The van der Waals surface area contributed by atoms with Gasteiger partial charge in [0.05, 0.1) is 18.7 Å². The first-order chi connectivity index (χ1) is 10.5. The molecule has 7 nitrogen and oxygen atoms in total. The molecule has 1 aliphatic rings. The van der Waals surface area contributed by atoms with E-state index in [4.69, 9.17) is 25.8 Å². The molecule has 0 fully saturated rings. The molecule has 0 aromatic heterocycles. The highest BCUT2D eigenvalue weighted by Crippen LogP contribution is 2.30. The normalized spacial score (nSPS) is 15.9. The fourth-order valence-electron chi connectivity index (χ4n) is 1.85. The summed E-state index contributed by atoms with van der Waals surface area (Å²) in [7, 11) is 2.99. The molecule has 0 radical (unpaired) electrons. The maximum Gasteiger partial charge on any atom is 0.256 e. The molecule has 1 aromatic carbocycles. The Morgan fingerprint density at radius 1 is 1.36 bits per heavy atom. The molecule has 118 valence electrons. The number of hydrogen-bond acceptors (Lipinski definition) is 5. The molecular formula is C14H15ClN2O5. The van der Waals surface area contributed by atoms with Crippen molar-refractivity contribution in [3.8, 4) is 11.5 Å². The number of nitrogens with one attached hydrogen (secondary N) is 1. The van der Waals surface area contributed by atoms with Crippen LogP contribution in [0.2, 0.25) is 5.02 Å². The number of methoxy groups -OCH3 is 2. The number of carbonyl (C=O) groups excluding carboxylic acids is 2. The second-order valence-corrected chi connectivity index (χ2v) is 4.88. The molecular weight excluding hydrogens is 312 g/mol. The van der Waals surface area contributed by atoms with Gasteiger partial charge < -0.3 is 19.5 Å². The van der Waals surface area contributed by atoms with Crippen LogP contribution in [0.15, 0.2) is 23.2 Å². The van der Waals surface area contributed by atoms with E-state index in [9.17, 15) is 9.59 Å². The van der Waals surface area contributed by atoms with Crippen LogP contribution in [0.3, 0.4) is 0 Å². The lowest BCUT2D eigenvalue weighted by molar-refractivity contribution is -0.127. The van der Waals surface area contributed by atoms with Crippen LogP contribution in [0.25, 0.3) is 0 Å². The molecule has 0 bridgehead atoms. The van der Waals surface area contributed by atoms with Crippen LogP contribution in [0.5, 0.6) is 11.5 Å². The summed E-state index contributed by atoms with van der Waals surface area (Å²) in [4.78, 5) is 26.7. The summed E-state index contributed by atoms with van der Waals surface area (Å²) in [6.07, 6.45) is -1.05. The number of carbonyl (C=O) groups is 2. The Balaban J connectivity index is 2.25. The van der Waals surface area contributed by atoms with Crippen LogP contribution >= 0.6 is 11.6 Å². The standard InChI is InChI=1S/C14H15ClN2O5/c1-20-7-11(14-16-12(18)6-13(19)17-14)22-10-5-8(21-2)3-4-9(10)15/h3-5,11H,6-7H2,1-2H3,(H,16,17,18,19). The van der Waals surface area contributed by atoms with Gasteiger partial charge in [-0.05, 0) is 12.1 Å². The third-order valence-electron chi connectivity index (χ3n) is 2.86. The quantitative estimate of drug-likeness (QED) is 0.793. The fraction of sp³-hybridized carbons (Fsp3) is 0.357. The zero-order chi connectivity index (χ0) is 16.1. The van der Waals surface area contributed by atoms with E-state index in [1.807, 2.05) is 0 Å². The third-order valence-corrected chi connectivity index (χ3v) is 3.17. The number of ether oxygens (including phenoxy) is 3. The van der Waals surface area contributed by atoms with Gasteiger partial charge in [0.15, 0.2) is 11.9 Å². The van der Waals surface area contributed by atoms with E-state index in [-0.39, 0.29) is 18.9 Å². The van der Waals surface area contributed by atoms with Crippen molar-refractivity contribution in [2.45, 2.75) is 12.5 Å². The monoisotopic (exact) mass is 326 g/mol. The van der Waals surface area contributed by atoms with Crippen LogP contribution in [0, 0.1) is 0 Å². The van der Waals surface area contributed by atoms with Crippen molar-refractivity contribution < 1.29 is 23.8 Å². The summed E-state index contributed by atoms with van der Waals surface area (Å²) in [5.41, 5.74) is 0. The Bertz CT molecular complexity index is 617. The molecule has 22 heavy (non-hydrogen) atoms. The van der Waals surface area contributed by atoms with Crippen molar-refractivity contribution >= 4 is 29.3 Å². The van der Waals surface area contributed by atoms with Crippen molar-refractivity contribution in [1.82, 2.24) is 5.32 Å². The van der Waals surface area contributed by atoms with Crippen LogP contribution in [-0.2, 0) is 14.3 Å². The minimum Gasteiger partial charge on any atom is -0.497 e. The largest absolute Gasteiger partial charge is 0.497 e. The molecule has 8 heteroatoms. The van der Waals surface area contributed by atoms with E-state index >= 15 is 0 Å². The number of rotatable bonds is 6. The summed E-state index contributed by atoms with van der Waals surface area (Å²) in [6.45, 7) is 0.0833. The Hall–Kier alpha value is -2.12.